The highest BCUT2D eigenvalue weighted by Gasteiger charge is 2.24. The van der Waals surface area contributed by atoms with Gasteiger partial charge in [-0.25, -0.2) is 4.98 Å². The number of hydrogen-bond acceptors (Lipinski definition) is 8. The number of aromatic nitrogens is 1. The molecule has 0 aliphatic carbocycles. The van der Waals surface area contributed by atoms with Crippen molar-refractivity contribution in [1.82, 2.24) is 9.88 Å². The molecule has 42 heavy (non-hydrogen) atoms. The molecule has 0 radical (unpaired) electrons. The lowest BCUT2D eigenvalue weighted by Gasteiger charge is -2.32. The van der Waals surface area contributed by atoms with Gasteiger partial charge in [0.15, 0.2) is 11.6 Å². The van der Waals surface area contributed by atoms with Gasteiger partial charge in [-0.3, -0.25) is 14.7 Å². The first-order valence-electron chi connectivity index (χ1n) is 14.7. The van der Waals surface area contributed by atoms with Gasteiger partial charge in [0.05, 0.1) is 25.6 Å². The molecule has 1 aromatic carbocycles. The molecular weight excluding hydrogens is 526 g/mol. The number of piperidine rings is 1. The van der Waals surface area contributed by atoms with E-state index in [0.29, 0.717) is 29.8 Å². The molecule has 0 unspecified atom stereocenters. The number of aryl methyl sites for hydroxylation is 1. The average molecular weight is 574 g/mol. The molecule has 0 spiro atoms. The summed E-state index contributed by atoms with van der Waals surface area (Å²) in [4.78, 5) is 29.0. The number of nitrogens with two attached hydrogens (primary N) is 1. The maximum Gasteiger partial charge on any atom is 0.196 e. The van der Waals surface area contributed by atoms with Gasteiger partial charge in [-0.15, -0.1) is 0 Å². The number of methoxy groups -OCH3 is 1. The summed E-state index contributed by atoms with van der Waals surface area (Å²) in [5.41, 5.74) is 6.87. The number of anilines is 2. The zero-order chi connectivity index (χ0) is 30.8. The first kappa shape index (κ1) is 32.8. The molecule has 0 bridgehead atoms. The number of carbonyl (C=O) groups excluding carboxylic acids is 1. The second-order valence-corrected chi connectivity index (χ2v) is 11.3. The predicted octanol–water partition coefficient (Wildman–Crippen LogP) is 7.20. The van der Waals surface area contributed by atoms with Crippen LogP contribution in [0, 0.1) is 12.8 Å². The molecular formula is C34H47N5O3. The summed E-state index contributed by atoms with van der Waals surface area (Å²) in [6.07, 6.45) is 8.15. The van der Waals surface area contributed by atoms with E-state index in [-0.39, 0.29) is 5.92 Å². The van der Waals surface area contributed by atoms with Gasteiger partial charge in [-0.1, -0.05) is 39.5 Å². The normalized spacial score (nSPS) is 15.6. The fraction of sp³-hybridized carbons (Fsp3) is 0.441. The molecule has 1 saturated heterocycles. The van der Waals surface area contributed by atoms with Gasteiger partial charge in [0.1, 0.15) is 11.5 Å². The van der Waals surface area contributed by atoms with Crippen LogP contribution in [0.4, 0.5) is 11.5 Å². The lowest BCUT2D eigenvalue weighted by molar-refractivity contribution is -0.123. The third kappa shape index (κ3) is 8.39. The van der Waals surface area contributed by atoms with Gasteiger partial charge in [0, 0.05) is 23.4 Å². The van der Waals surface area contributed by atoms with Gasteiger partial charge >= 0.3 is 0 Å². The summed E-state index contributed by atoms with van der Waals surface area (Å²) in [5.74, 6) is 8.22. The number of nitrogens with one attached hydrogen (secondary N) is 1. The number of Topliss-reactive ketones (excluding diaryl/α,β-unsaturated/α-hetero) is 1. The second kappa shape index (κ2) is 15.5. The molecule has 8 nitrogen and oxygen atoms in total. The van der Waals surface area contributed by atoms with Crippen LogP contribution in [0.3, 0.4) is 0 Å². The predicted molar refractivity (Wildman–Crippen MR) is 174 cm³/mol. The Hall–Kier alpha value is -3.75. The molecule has 1 aromatic heterocycles. The van der Waals surface area contributed by atoms with Crippen LogP contribution in [-0.4, -0.2) is 48.6 Å². The molecule has 0 saturated carbocycles. The van der Waals surface area contributed by atoms with Crippen molar-refractivity contribution in [3.8, 4) is 5.75 Å². The highest BCUT2D eigenvalue weighted by molar-refractivity contribution is 5.82. The maximum absolute atomic E-state index is 12.2. The molecule has 1 aliphatic rings. The largest absolute Gasteiger partial charge is 0.495 e. The minimum absolute atomic E-state index is 0.0859. The van der Waals surface area contributed by atoms with Crippen molar-refractivity contribution in [1.29, 1.82) is 0 Å². The van der Waals surface area contributed by atoms with Crippen molar-refractivity contribution in [2.75, 3.05) is 32.1 Å². The van der Waals surface area contributed by atoms with E-state index in [1.807, 2.05) is 33.8 Å². The monoisotopic (exact) mass is 573 g/mol. The fourth-order valence-electron chi connectivity index (χ4n) is 5.06. The Morgan fingerprint density at radius 3 is 2.55 bits per heavy atom. The summed E-state index contributed by atoms with van der Waals surface area (Å²) >= 11 is 0. The van der Waals surface area contributed by atoms with E-state index in [4.69, 9.17) is 20.5 Å². The van der Waals surface area contributed by atoms with Gasteiger partial charge in [0.25, 0.3) is 0 Å². The number of rotatable bonds is 13. The third-order valence-corrected chi connectivity index (χ3v) is 7.96. The smallest absolute Gasteiger partial charge is 0.196 e. The van der Waals surface area contributed by atoms with Crippen LogP contribution in [-0.2, 0) is 9.53 Å². The first-order valence-corrected chi connectivity index (χ1v) is 14.7. The SMILES string of the molecule is C=Cc1cc(/C(C)=C/N=CC(OC)=C(C)CC)nc(Nc2ccc(C3CCN(CC(=O)C(C)C)CC3)c(C)c2)c1ON. The fourth-order valence-corrected chi connectivity index (χ4v) is 5.06. The molecule has 1 aliphatic heterocycles. The standard InChI is InChI=1S/C34H47N5O3/c1-9-23(5)32(41-8)20-36-19-25(7)30-18-26(10-2)33(42-35)34(38-30)37-28-11-12-29(24(6)17-28)27-13-15-39(16-14-27)21-31(40)22(3)4/h10-12,17-20,22,27H,2,9,13-16,21,35H2,1,3-8H3,(H,37,38)/b25-19+,32-23?,36-20?. The molecule has 0 atom stereocenters. The number of aliphatic imine (C=N–C) groups is 1. The zero-order valence-corrected chi connectivity index (χ0v) is 26.3. The van der Waals surface area contributed by atoms with E-state index in [1.165, 1.54) is 11.1 Å². The molecule has 1 fully saturated rings. The first-order chi connectivity index (χ1) is 20.1. The Labute approximate surface area is 251 Å². The van der Waals surface area contributed by atoms with Gasteiger partial charge in [-0.2, -0.15) is 5.90 Å². The van der Waals surface area contributed by atoms with Crippen LogP contribution in [0.25, 0.3) is 11.6 Å². The minimum atomic E-state index is 0.0859. The maximum atomic E-state index is 12.2. The van der Waals surface area contributed by atoms with E-state index in [2.05, 4.69) is 53.8 Å². The van der Waals surface area contributed by atoms with Gasteiger partial charge in [-0.05, 0) is 99.5 Å². The van der Waals surface area contributed by atoms with Crippen LogP contribution in [0.1, 0.15) is 82.2 Å². The van der Waals surface area contributed by atoms with E-state index in [0.717, 1.165) is 66.2 Å². The van der Waals surface area contributed by atoms with Crippen molar-refractivity contribution in [2.45, 2.75) is 66.7 Å². The van der Waals surface area contributed by atoms with Crippen LogP contribution in [0.2, 0.25) is 0 Å². The van der Waals surface area contributed by atoms with E-state index < -0.39 is 0 Å². The third-order valence-electron chi connectivity index (χ3n) is 7.96. The Bertz CT molecular complexity index is 1350. The summed E-state index contributed by atoms with van der Waals surface area (Å²) in [5, 5.41) is 3.41. The van der Waals surface area contributed by atoms with Crippen molar-refractivity contribution in [2.24, 2.45) is 16.8 Å². The van der Waals surface area contributed by atoms with Crippen molar-refractivity contribution < 1.29 is 14.4 Å². The van der Waals surface area contributed by atoms with Crippen LogP contribution in [0.5, 0.6) is 5.75 Å². The quantitative estimate of drug-likeness (QED) is 0.148. The molecule has 226 valence electrons. The number of pyridine rings is 1. The number of ketones is 1. The zero-order valence-electron chi connectivity index (χ0n) is 26.3. The summed E-state index contributed by atoms with van der Waals surface area (Å²) < 4.78 is 5.44. The molecule has 2 heterocycles. The molecule has 3 rings (SSSR count). The highest BCUT2D eigenvalue weighted by atomic mass is 16.6. The number of likely N-dealkylation sites (tertiary alicyclic amines) is 1. The summed E-state index contributed by atoms with van der Waals surface area (Å²) in [6.45, 7) is 18.5. The van der Waals surface area contributed by atoms with Gasteiger partial charge in [0.2, 0.25) is 0 Å². The highest BCUT2D eigenvalue weighted by Crippen LogP contribution is 2.35. The summed E-state index contributed by atoms with van der Waals surface area (Å²) in [7, 11) is 1.65. The Morgan fingerprint density at radius 1 is 1.26 bits per heavy atom. The average Bonchev–Trinajstić information content (AvgIpc) is 2.98. The molecule has 0 amide bonds. The lowest BCUT2D eigenvalue weighted by atomic mass is 9.86. The topological polar surface area (TPSA) is 102 Å². The number of allylic oxidation sites excluding steroid dienone is 3. The van der Waals surface area contributed by atoms with Crippen molar-refractivity contribution in [3.63, 3.8) is 0 Å². The molecule has 8 heteroatoms. The Kier molecular flexibility index (Phi) is 12.1. The van der Waals surface area contributed by atoms with E-state index in [1.54, 1.807) is 25.6 Å². The number of carbonyl (C=O) groups is 1. The molecule has 3 N–H and O–H groups in total. The number of ether oxygens (including phenoxy) is 1. The van der Waals surface area contributed by atoms with Gasteiger partial charge < -0.3 is 14.9 Å². The second-order valence-electron chi connectivity index (χ2n) is 11.3. The summed E-state index contributed by atoms with van der Waals surface area (Å²) in [6, 6.07) is 8.27. The Balaban J connectivity index is 1.80. The number of benzene rings is 1. The van der Waals surface area contributed by atoms with E-state index >= 15 is 0 Å². The van der Waals surface area contributed by atoms with Crippen LogP contribution in [0.15, 0.2) is 53.4 Å². The van der Waals surface area contributed by atoms with Crippen LogP contribution >= 0.6 is 0 Å². The van der Waals surface area contributed by atoms with Crippen molar-refractivity contribution >= 4 is 35.2 Å². The van der Waals surface area contributed by atoms with E-state index in [9.17, 15) is 4.79 Å². The number of nitrogens with zero attached hydrogens (tertiary/aromatic N) is 3. The Morgan fingerprint density at radius 2 is 1.98 bits per heavy atom. The molecule has 2 aromatic rings. The van der Waals surface area contributed by atoms with Crippen molar-refractivity contribution in [3.05, 3.63) is 70.8 Å². The van der Waals surface area contributed by atoms with Crippen LogP contribution < -0.4 is 16.1 Å². The number of hydrogen-bond donors (Lipinski definition) is 2. The lowest BCUT2D eigenvalue weighted by Crippen LogP contribution is -2.38. The minimum Gasteiger partial charge on any atom is -0.495 e.